The summed E-state index contributed by atoms with van der Waals surface area (Å²) in [6, 6.07) is 8.09. The number of benzene rings is 1. The van der Waals surface area contributed by atoms with Gasteiger partial charge in [-0.2, -0.15) is 0 Å². The molecule has 0 bridgehead atoms. The van der Waals surface area contributed by atoms with Crippen LogP contribution in [-0.4, -0.2) is 21.1 Å². The summed E-state index contributed by atoms with van der Waals surface area (Å²) in [7, 11) is 0. The molecule has 2 aromatic rings. The molecule has 1 heterocycles. The summed E-state index contributed by atoms with van der Waals surface area (Å²) in [4.78, 5) is 30.7. The number of para-hydroxylation sites is 2. The maximum atomic E-state index is 13.4. The largest absolute Gasteiger partial charge is 0.330 e. The average Bonchev–Trinajstić information content (AvgIpc) is 3.20. The molecule has 2 aliphatic rings. The molecule has 1 atom stereocenters. The molecule has 0 saturated heterocycles. The van der Waals surface area contributed by atoms with Gasteiger partial charge in [-0.05, 0) is 44.2 Å². The predicted octanol–water partition coefficient (Wildman–Crippen LogP) is 5.73. The number of hydrogen-bond acceptors (Lipinski definition) is 3. The van der Waals surface area contributed by atoms with Crippen molar-refractivity contribution < 1.29 is 9.59 Å². The molecular weight excluding hydrogens is 360 g/mol. The molecule has 2 fully saturated rings. The Morgan fingerprint density at radius 1 is 0.931 bits per heavy atom. The molecule has 4 rings (SSSR count). The van der Waals surface area contributed by atoms with Gasteiger partial charge >= 0.3 is 0 Å². The molecule has 1 aromatic heterocycles. The van der Waals surface area contributed by atoms with E-state index in [9.17, 15) is 9.59 Å². The van der Waals surface area contributed by atoms with Gasteiger partial charge in [0.2, 0.25) is 0 Å². The molecule has 0 aliphatic heterocycles. The first-order valence-electron chi connectivity index (χ1n) is 11.7. The van der Waals surface area contributed by atoms with E-state index < -0.39 is 0 Å². The van der Waals surface area contributed by atoms with E-state index in [2.05, 4.69) is 15.6 Å². The van der Waals surface area contributed by atoms with Gasteiger partial charge in [0.05, 0.1) is 17.4 Å². The molecular formula is C25H34N2O2. The van der Waals surface area contributed by atoms with Crippen molar-refractivity contribution in [1.82, 2.24) is 9.55 Å². The fourth-order valence-corrected chi connectivity index (χ4v) is 5.38. The number of hydrogen-bond donors (Lipinski definition) is 0. The monoisotopic (exact) mass is 394 g/mol. The number of aromatic nitrogens is 2. The van der Waals surface area contributed by atoms with E-state index in [-0.39, 0.29) is 17.8 Å². The lowest BCUT2D eigenvalue weighted by Crippen LogP contribution is -2.30. The van der Waals surface area contributed by atoms with Gasteiger partial charge in [-0.1, -0.05) is 50.7 Å². The van der Waals surface area contributed by atoms with Crippen LogP contribution in [0.2, 0.25) is 0 Å². The van der Waals surface area contributed by atoms with Crippen LogP contribution in [-0.2, 0) is 16.1 Å². The summed E-state index contributed by atoms with van der Waals surface area (Å²) < 4.78 is 2.12. The molecule has 4 heteroatoms. The summed E-state index contributed by atoms with van der Waals surface area (Å²) in [6.07, 6.45) is 14.5. The van der Waals surface area contributed by atoms with Crippen molar-refractivity contribution in [3.8, 4) is 0 Å². The molecule has 2 saturated carbocycles. The molecule has 156 valence electrons. The van der Waals surface area contributed by atoms with Gasteiger partial charge in [0.25, 0.3) is 0 Å². The molecule has 0 radical (unpaired) electrons. The van der Waals surface area contributed by atoms with Crippen LogP contribution in [0.15, 0.2) is 30.6 Å². The Labute approximate surface area is 174 Å². The van der Waals surface area contributed by atoms with E-state index in [1.54, 1.807) is 0 Å². The van der Waals surface area contributed by atoms with Gasteiger partial charge in [0.15, 0.2) is 0 Å². The summed E-state index contributed by atoms with van der Waals surface area (Å²) in [5.74, 6) is 1.13. The minimum atomic E-state index is -0.0803. The number of nitrogens with zero attached hydrogens (tertiary/aromatic N) is 2. The second-order valence-electron chi connectivity index (χ2n) is 9.16. The number of carbonyl (C=O) groups excluding carboxylic acids is 2. The Kier molecular flexibility index (Phi) is 6.78. The molecule has 2 aliphatic carbocycles. The van der Waals surface area contributed by atoms with Gasteiger partial charge in [0.1, 0.15) is 11.6 Å². The van der Waals surface area contributed by atoms with Crippen molar-refractivity contribution in [3.05, 3.63) is 30.6 Å². The zero-order chi connectivity index (χ0) is 20.1. The van der Waals surface area contributed by atoms with Gasteiger partial charge in [-0.15, -0.1) is 0 Å². The third-order valence-electron chi connectivity index (χ3n) is 7.15. The average molecular weight is 395 g/mol. The number of rotatable bonds is 8. The molecule has 0 N–H and O–H groups in total. The first-order chi connectivity index (χ1) is 14.2. The van der Waals surface area contributed by atoms with E-state index in [0.29, 0.717) is 31.0 Å². The molecule has 29 heavy (non-hydrogen) atoms. The molecule has 0 amide bonds. The van der Waals surface area contributed by atoms with Crippen molar-refractivity contribution in [2.45, 2.75) is 83.6 Å². The Hall–Kier alpha value is -1.97. The highest BCUT2D eigenvalue weighted by Gasteiger charge is 2.30. The lowest BCUT2D eigenvalue weighted by molar-refractivity contribution is -0.129. The van der Waals surface area contributed by atoms with E-state index in [4.69, 9.17) is 0 Å². The first-order valence-corrected chi connectivity index (χ1v) is 11.7. The SMILES string of the molecule is O=C(CCC(Cn1cnc2ccccc21)C(=O)C1CCCCC1)C1CCCCC1. The van der Waals surface area contributed by atoms with Crippen LogP contribution in [0.3, 0.4) is 0 Å². The standard InChI is InChI=1S/C25H34N2O2/c28-24(19-9-3-1-4-10-19)16-15-21(25(29)20-11-5-2-6-12-20)17-27-18-26-22-13-7-8-14-23(22)27/h7-8,13-14,18-21H,1-6,9-12,15-17H2. The third kappa shape index (κ3) is 4.96. The zero-order valence-corrected chi connectivity index (χ0v) is 17.5. The minimum absolute atomic E-state index is 0.0803. The smallest absolute Gasteiger partial charge is 0.140 e. The number of imidazole rings is 1. The number of Topliss-reactive ketones (excluding diaryl/α,β-unsaturated/α-hetero) is 2. The van der Waals surface area contributed by atoms with Crippen molar-refractivity contribution in [3.63, 3.8) is 0 Å². The van der Waals surface area contributed by atoms with Gasteiger partial charge in [0, 0.05) is 30.7 Å². The first kappa shape index (κ1) is 20.3. The quantitative estimate of drug-likeness (QED) is 0.574. The van der Waals surface area contributed by atoms with Crippen molar-refractivity contribution in [1.29, 1.82) is 0 Å². The van der Waals surface area contributed by atoms with Crippen molar-refractivity contribution in [2.75, 3.05) is 0 Å². The van der Waals surface area contributed by atoms with Crippen LogP contribution in [0.4, 0.5) is 0 Å². The number of fused-ring (bicyclic) bond motifs is 1. The van der Waals surface area contributed by atoms with Crippen LogP contribution in [0.25, 0.3) is 11.0 Å². The van der Waals surface area contributed by atoms with E-state index in [1.165, 1.54) is 25.7 Å². The fraction of sp³-hybridized carbons (Fsp3) is 0.640. The second kappa shape index (κ2) is 9.69. The maximum Gasteiger partial charge on any atom is 0.140 e. The fourth-order valence-electron chi connectivity index (χ4n) is 5.38. The van der Waals surface area contributed by atoms with E-state index in [1.807, 2.05) is 24.5 Å². The summed E-state index contributed by atoms with van der Waals surface area (Å²) in [6.45, 7) is 0.647. The Bertz CT molecular complexity index is 828. The van der Waals surface area contributed by atoms with Crippen LogP contribution in [0, 0.1) is 17.8 Å². The summed E-state index contributed by atoms with van der Waals surface area (Å²) in [5.41, 5.74) is 2.04. The van der Waals surface area contributed by atoms with Gasteiger partial charge in [-0.3, -0.25) is 9.59 Å². The highest BCUT2D eigenvalue weighted by atomic mass is 16.1. The van der Waals surface area contributed by atoms with Crippen LogP contribution in [0.5, 0.6) is 0 Å². The summed E-state index contributed by atoms with van der Waals surface area (Å²) in [5, 5.41) is 0. The molecule has 4 nitrogen and oxygen atoms in total. The van der Waals surface area contributed by atoms with Crippen LogP contribution in [0.1, 0.15) is 77.0 Å². The zero-order valence-electron chi connectivity index (χ0n) is 17.5. The second-order valence-corrected chi connectivity index (χ2v) is 9.16. The van der Waals surface area contributed by atoms with Crippen molar-refractivity contribution >= 4 is 22.6 Å². The van der Waals surface area contributed by atoms with E-state index >= 15 is 0 Å². The van der Waals surface area contributed by atoms with E-state index in [0.717, 1.165) is 49.6 Å². The normalized spacial score (nSPS) is 20.0. The lowest BCUT2D eigenvalue weighted by atomic mass is 9.79. The topological polar surface area (TPSA) is 52.0 Å². The highest BCUT2D eigenvalue weighted by Crippen LogP contribution is 2.31. The van der Waals surface area contributed by atoms with Gasteiger partial charge in [-0.25, -0.2) is 4.98 Å². The molecule has 0 spiro atoms. The Morgan fingerprint density at radius 3 is 2.31 bits per heavy atom. The Balaban J connectivity index is 1.47. The third-order valence-corrected chi connectivity index (χ3v) is 7.15. The van der Waals surface area contributed by atoms with Crippen LogP contribution >= 0.6 is 0 Å². The maximum absolute atomic E-state index is 13.4. The highest BCUT2D eigenvalue weighted by molar-refractivity contribution is 5.85. The van der Waals surface area contributed by atoms with Gasteiger partial charge < -0.3 is 4.57 Å². The minimum Gasteiger partial charge on any atom is -0.330 e. The Morgan fingerprint density at radius 2 is 1.59 bits per heavy atom. The molecule has 1 aromatic carbocycles. The summed E-state index contributed by atoms with van der Waals surface area (Å²) >= 11 is 0. The number of carbonyl (C=O) groups is 2. The van der Waals surface area contributed by atoms with Crippen LogP contribution < -0.4 is 0 Å². The lowest BCUT2D eigenvalue weighted by Gasteiger charge is -2.26. The predicted molar refractivity (Wildman–Crippen MR) is 116 cm³/mol. The van der Waals surface area contributed by atoms with Crippen molar-refractivity contribution in [2.24, 2.45) is 17.8 Å². The molecule has 1 unspecified atom stereocenters. The number of ketones is 2.